The summed E-state index contributed by atoms with van der Waals surface area (Å²) in [4.78, 5) is 27.1. The summed E-state index contributed by atoms with van der Waals surface area (Å²) in [5.41, 5.74) is 0.0801. The maximum atomic E-state index is 12.5. The number of ether oxygens (including phenoxy) is 1. The molecular formula is C16H20F2N2O4. The lowest BCUT2D eigenvalue weighted by Crippen LogP contribution is -2.53. The van der Waals surface area contributed by atoms with Crippen LogP contribution in [0.25, 0.3) is 0 Å². The molecule has 1 unspecified atom stereocenters. The number of alkyl halides is 2. The average molecular weight is 342 g/mol. The Morgan fingerprint density at radius 2 is 1.83 bits per heavy atom. The highest BCUT2D eigenvalue weighted by atomic mass is 19.3. The van der Waals surface area contributed by atoms with E-state index in [0.29, 0.717) is 32.6 Å². The van der Waals surface area contributed by atoms with Gasteiger partial charge in [-0.2, -0.15) is 8.78 Å². The van der Waals surface area contributed by atoms with E-state index in [0.717, 1.165) is 0 Å². The number of carbonyl (C=O) groups excluding carboxylic acids is 1. The van der Waals surface area contributed by atoms with Crippen LogP contribution in [0.5, 0.6) is 5.75 Å². The summed E-state index contributed by atoms with van der Waals surface area (Å²) < 4.78 is 29.3. The first kappa shape index (κ1) is 18.1. The van der Waals surface area contributed by atoms with Gasteiger partial charge in [-0.05, 0) is 18.6 Å². The van der Waals surface area contributed by atoms with Crippen LogP contribution in [-0.4, -0.2) is 65.6 Å². The highest BCUT2D eigenvalue weighted by Crippen LogP contribution is 2.23. The van der Waals surface area contributed by atoms with Crippen LogP contribution in [0.3, 0.4) is 0 Å². The largest absolute Gasteiger partial charge is 0.480 e. The molecule has 132 valence electrons. The van der Waals surface area contributed by atoms with E-state index in [1.54, 1.807) is 13.0 Å². The van der Waals surface area contributed by atoms with Gasteiger partial charge in [0.05, 0.1) is 5.56 Å². The van der Waals surface area contributed by atoms with Crippen LogP contribution in [0.4, 0.5) is 8.78 Å². The van der Waals surface area contributed by atoms with Crippen molar-refractivity contribution >= 4 is 11.9 Å². The molecular weight excluding hydrogens is 322 g/mol. The zero-order valence-electron chi connectivity index (χ0n) is 13.3. The van der Waals surface area contributed by atoms with Crippen LogP contribution in [0.2, 0.25) is 0 Å². The molecule has 1 aliphatic heterocycles. The Balaban J connectivity index is 2.04. The van der Waals surface area contributed by atoms with Gasteiger partial charge in [0.25, 0.3) is 5.91 Å². The van der Waals surface area contributed by atoms with Crippen LogP contribution in [0, 0.1) is 0 Å². The van der Waals surface area contributed by atoms with E-state index >= 15 is 0 Å². The Hall–Kier alpha value is -2.22. The van der Waals surface area contributed by atoms with Gasteiger partial charge in [0.15, 0.2) is 0 Å². The van der Waals surface area contributed by atoms with Crippen molar-refractivity contribution in [1.29, 1.82) is 0 Å². The molecule has 0 bridgehead atoms. The van der Waals surface area contributed by atoms with Crippen LogP contribution in [0.1, 0.15) is 23.7 Å². The van der Waals surface area contributed by atoms with Crippen LogP contribution < -0.4 is 4.74 Å². The molecule has 1 aliphatic rings. The summed E-state index contributed by atoms with van der Waals surface area (Å²) >= 11 is 0. The molecule has 1 heterocycles. The number of carboxylic acid groups (broad SMARTS) is 1. The molecule has 6 nitrogen and oxygen atoms in total. The van der Waals surface area contributed by atoms with E-state index < -0.39 is 24.5 Å². The molecule has 0 spiro atoms. The van der Waals surface area contributed by atoms with Crippen molar-refractivity contribution in [1.82, 2.24) is 9.80 Å². The number of aliphatic carboxylic acids is 1. The van der Waals surface area contributed by atoms with Gasteiger partial charge < -0.3 is 14.7 Å². The normalized spacial score (nSPS) is 16.9. The molecule has 0 aliphatic carbocycles. The summed E-state index contributed by atoms with van der Waals surface area (Å²) in [6, 6.07) is 5.30. The maximum Gasteiger partial charge on any atom is 0.387 e. The molecule has 1 saturated heterocycles. The fraction of sp³-hybridized carbons (Fsp3) is 0.500. The van der Waals surface area contributed by atoms with E-state index in [2.05, 4.69) is 4.74 Å². The number of rotatable bonds is 6. The van der Waals surface area contributed by atoms with Gasteiger partial charge >= 0.3 is 12.6 Å². The first-order valence-electron chi connectivity index (χ1n) is 7.74. The van der Waals surface area contributed by atoms with Gasteiger partial charge in [0.1, 0.15) is 11.8 Å². The average Bonchev–Trinajstić information content (AvgIpc) is 2.55. The smallest absolute Gasteiger partial charge is 0.387 e. The highest BCUT2D eigenvalue weighted by molar-refractivity contribution is 5.97. The summed E-state index contributed by atoms with van der Waals surface area (Å²) in [6.07, 6.45) is 0.480. The Morgan fingerprint density at radius 3 is 2.38 bits per heavy atom. The van der Waals surface area contributed by atoms with Crippen molar-refractivity contribution < 1.29 is 28.2 Å². The fourth-order valence-corrected chi connectivity index (χ4v) is 2.84. The topological polar surface area (TPSA) is 70.1 Å². The Bertz CT molecular complexity index is 589. The third kappa shape index (κ3) is 4.19. The maximum absolute atomic E-state index is 12.5. The molecule has 1 amide bonds. The number of carboxylic acids is 1. The van der Waals surface area contributed by atoms with Gasteiger partial charge in [-0.3, -0.25) is 14.5 Å². The first-order valence-corrected chi connectivity index (χ1v) is 7.74. The fourth-order valence-electron chi connectivity index (χ4n) is 2.84. The van der Waals surface area contributed by atoms with Gasteiger partial charge in [0.2, 0.25) is 0 Å². The van der Waals surface area contributed by atoms with Crippen molar-refractivity contribution in [2.24, 2.45) is 0 Å². The number of carbonyl (C=O) groups is 2. The SMILES string of the molecule is CCC(C(=O)O)N1CCN(C(=O)c2ccccc2OC(F)F)CC1. The molecule has 2 rings (SSSR count). The Morgan fingerprint density at radius 1 is 1.21 bits per heavy atom. The second-order valence-electron chi connectivity index (χ2n) is 5.47. The highest BCUT2D eigenvalue weighted by Gasteiger charge is 2.30. The van der Waals surface area contributed by atoms with Gasteiger partial charge in [-0.1, -0.05) is 19.1 Å². The second-order valence-corrected chi connectivity index (χ2v) is 5.47. The van der Waals surface area contributed by atoms with Crippen LogP contribution in [0.15, 0.2) is 24.3 Å². The third-order valence-corrected chi connectivity index (χ3v) is 4.05. The zero-order chi connectivity index (χ0) is 17.7. The molecule has 0 aromatic heterocycles. The molecule has 0 radical (unpaired) electrons. The van der Waals surface area contributed by atoms with Crippen molar-refractivity contribution in [3.63, 3.8) is 0 Å². The number of nitrogens with zero attached hydrogens (tertiary/aromatic N) is 2. The lowest BCUT2D eigenvalue weighted by atomic mass is 10.1. The Kier molecular flexibility index (Phi) is 6.08. The lowest BCUT2D eigenvalue weighted by Gasteiger charge is -2.37. The quantitative estimate of drug-likeness (QED) is 0.855. The molecule has 8 heteroatoms. The van der Waals surface area contributed by atoms with Crippen LogP contribution >= 0.6 is 0 Å². The Labute approximate surface area is 138 Å². The molecule has 1 atom stereocenters. The molecule has 1 fully saturated rings. The minimum atomic E-state index is -3.00. The number of para-hydroxylation sites is 1. The zero-order valence-corrected chi connectivity index (χ0v) is 13.3. The summed E-state index contributed by atoms with van der Waals surface area (Å²) in [5.74, 6) is -1.43. The number of hydrogen-bond donors (Lipinski definition) is 1. The number of piperazine rings is 1. The third-order valence-electron chi connectivity index (χ3n) is 4.05. The van der Waals surface area contributed by atoms with Gasteiger partial charge in [-0.25, -0.2) is 0 Å². The minimum absolute atomic E-state index is 0.0801. The van der Waals surface area contributed by atoms with E-state index in [4.69, 9.17) is 0 Å². The summed E-state index contributed by atoms with van der Waals surface area (Å²) in [7, 11) is 0. The van der Waals surface area contributed by atoms with Crippen molar-refractivity contribution in [2.75, 3.05) is 26.2 Å². The molecule has 24 heavy (non-hydrogen) atoms. The molecule has 1 aromatic carbocycles. The number of benzene rings is 1. The number of halogens is 2. The minimum Gasteiger partial charge on any atom is -0.480 e. The number of hydrogen-bond acceptors (Lipinski definition) is 4. The number of amides is 1. The van der Waals surface area contributed by atoms with Gasteiger partial charge in [-0.15, -0.1) is 0 Å². The second kappa shape index (κ2) is 8.05. The first-order chi connectivity index (χ1) is 11.4. The van der Waals surface area contributed by atoms with E-state index in [1.807, 2.05) is 4.90 Å². The van der Waals surface area contributed by atoms with Crippen molar-refractivity contribution in [3.8, 4) is 5.75 Å². The predicted molar refractivity (Wildman–Crippen MR) is 82.3 cm³/mol. The monoisotopic (exact) mass is 342 g/mol. The van der Waals surface area contributed by atoms with E-state index in [1.165, 1.54) is 23.1 Å². The predicted octanol–water partition coefficient (Wildman–Crippen LogP) is 1.91. The van der Waals surface area contributed by atoms with Gasteiger partial charge in [0, 0.05) is 26.2 Å². The standard InChI is InChI=1S/C16H20F2N2O4/c1-2-12(15(22)23)19-7-9-20(10-8-19)14(21)11-5-3-4-6-13(11)24-16(17)18/h3-6,12,16H,2,7-10H2,1H3,(H,22,23). The molecule has 1 N–H and O–H groups in total. The molecule has 0 saturated carbocycles. The molecule has 1 aromatic rings. The van der Waals surface area contributed by atoms with E-state index in [-0.39, 0.29) is 11.3 Å². The van der Waals surface area contributed by atoms with Crippen molar-refractivity contribution in [3.05, 3.63) is 29.8 Å². The summed E-state index contributed by atoms with van der Waals surface area (Å²) in [6.45, 7) is 0.325. The van der Waals surface area contributed by atoms with E-state index in [9.17, 15) is 23.5 Å². The van der Waals surface area contributed by atoms with Crippen molar-refractivity contribution in [2.45, 2.75) is 26.0 Å². The lowest BCUT2D eigenvalue weighted by molar-refractivity contribution is -0.144. The summed E-state index contributed by atoms with van der Waals surface area (Å²) in [5, 5.41) is 9.19. The van der Waals surface area contributed by atoms with Crippen LogP contribution in [-0.2, 0) is 4.79 Å².